The van der Waals surface area contributed by atoms with Crippen LogP contribution in [0.3, 0.4) is 0 Å². The summed E-state index contributed by atoms with van der Waals surface area (Å²) < 4.78 is 33.4. The molecule has 0 spiro atoms. The highest BCUT2D eigenvalue weighted by Crippen LogP contribution is 2.29. The number of methoxy groups -OCH3 is 1. The van der Waals surface area contributed by atoms with Crippen molar-refractivity contribution < 1.29 is 22.7 Å². The van der Waals surface area contributed by atoms with Crippen LogP contribution in [-0.2, 0) is 26.2 Å². The molecule has 2 rings (SSSR count). The van der Waals surface area contributed by atoms with Gasteiger partial charge in [-0.1, -0.05) is 12.1 Å². The molecular weight excluding hydrogens is 442 g/mol. The molecule has 0 aliphatic rings. The van der Waals surface area contributed by atoms with Crippen molar-refractivity contribution in [2.24, 2.45) is 0 Å². The second-order valence-corrected chi connectivity index (χ2v) is 9.71. The van der Waals surface area contributed by atoms with Gasteiger partial charge < -0.3 is 15.4 Å². The van der Waals surface area contributed by atoms with Crippen molar-refractivity contribution in [1.82, 2.24) is 15.4 Å². The minimum atomic E-state index is -3.77. The Labute approximate surface area is 196 Å². The van der Waals surface area contributed by atoms with Crippen molar-refractivity contribution in [1.29, 1.82) is 0 Å². The Morgan fingerprint density at radius 3 is 1.91 bits per heavy atom. The Bertz CT molecular complexity index is 1100. The lowest BCUT2D eigenvalue weighted by molar-refractivity contribution is -0.126. The summed E-state index contributed by atoms with van der Waals surface area (Å²) in [6.07, 6.45) is -0.0765. The maximum absolute atomic E-state index is 12.9. The number of rotatable bonds is 10. The highest BCUT2D eigenvalue weighted by atomic mass is 32.2. The first-order valence-corrected chi connectivity index (χ1v) is 12.2. The summed E-state index contributed by atoms with van der Waals surface area (Å²) in [4.78, 5) is 24.3. The lowest BCUT2D eigenvalue weighted by Gasteiger charge is -2.19. The van der Waals surface area contributed by atoms with Gasteiger partial charge in [0.05, 0.1) is 18.6 Å². The second-order valence-electron chi connectivity index (χ2n) is 8.00. The van der Waals surface area contributed by atoms with E-state index in [1.807, 2.05) is 32.9 Å². The van der Waals surface area contributed by atoms with E-state index in [1.54, 1.807) is 33.1 Å². The Kier molecular flexibility index (Phi) is 9.01. The highest BCUT2D eigenvalue weighted by Gasteiger charge is 2.23. The van der Waals surface area contributed by atoms with E-state index < -0.39 is 15.9 Å². The molecule has 0 fully saturated rings. The van der Waals surface area contributed by atoms with Crippen molar-refractivity contribution in [2.75, 3.05) is 20.2 Å². The van der Waals surface area contributed by atoms with Gasteiger partial charge in [0.2, 0.25) is 21.8 Å². The van der Waals surface area contributed by atoms with Crippen LogP contribution in [0.25, 0.3) is 0 Å². The first-order valence-electron chi connectivity index (χ1n) is 10.7. The molecule has 180 valence electrons. The molecule has 0 bridgehead atoms. The van der Waals surface area contributed by atoms with E-state index in [-0.39, 0.29) is 30.3 Å². The van der Waals surface area contributed by atoms with Crippen LogP contribution in [0.5, 0.6) is 5.75 Å². The lowest BCUT2D eigenvalue weighted by Crippen LogP contribution is -2.38. The van der Waals surface area contributed by atoms with Crippen LogP contribution in [0.2, 0.25) is 0 Å². The number of carbonyl (C=O) groups excluding carboxylic acids is 2. The van der Waals surface area contributed by atoms with E-state index in [0.717, 1.165) is 28.0 Å². The van der Waals surface area contributed by atoms with Crippen LogP contribution in [-0.4, -0.2) is 40.4 Å². The van der Waals surface area contributed by atoms with Crippen LogP contribution in [0.4, 0.5) is 0 Å². The van der Waals surface area contributed by atoms with Gasteiger partial charge in [-0.3, -0.25) is 9.59 Å². The van der Waals surface area contributed by atoms with E-state index in [0.29, 0.717) is 17.7 Å². The molecule has 0 aliphatic heterocycles. The normalized spacial score (nSPS) is 11.2. The molecular formula is C24H33N3O5S. The number of carbonyl (C=O) groups is 2. The molecule has 3 N–H and O–H groups in total. The third kappa shape index (κ3) is 6.79. The predicted octanol–water partition coefficient (Wildman–Crippen LogP) is 2.34. The maximum Gasteiger partial charge on any atom is 0.241 e. The molecule has 9 heteroatoms. The van der Waals surface area contributed by atoms with Gasteiger partial charge in [0.15, 0.2) is 0 Å². The van der Waals surface area contributed by atoms with E-state index in [1.165, 1.54) is 0 Å². The number of nitrogens with one attached hydrogen (secondary N) is 3. The average molecular weight is 476 g/mol. The fourth-order valence-corrected chi connectivity index (χ4v) is 5.14. The second kappa shape index (κ2) is 11.3. The van der Waals surface area contributed by atoms with E-state index in [4.69, 9.17) is 4.74 Å². The zero-order valence-electron chi connectivity index (χ0n) is 20.1. The fourth-order valence-electron chi connectivity index (χ4n) is 3.51. The molecule has 0 saturated heterocycles. The zero-order chi connectivity index (χ0) is 24.8. The monoisotopic (exact) mass is 475 g/mol. The van der Waals surface area contributed by atoms with Crippen molar-refractivity contribution in [2.45, 2.75) is 52.5 Å². The number of hydrogen-bond acceptors (Lipinski definition) is 5. The average Bonchev–Trinajstić information content (AvgIpc) is 2.78. The third-order valence-electron chi connectivity index (χ3n) is 5.94. The summed E-state index contributed by atoms with van der Waals surface area (Å²) in [5.74, 6) is -0.0236. The minimum absolute atomic E-state index is 0.0630. The smallest absolute Gasteiger partial charge is 0.241 e. The summed E-state index contributed by atoms with van der Waals surface area (Å²) in [5, 5.41) is 5.22. The molecule has 0 heterocycles. The van der Waals surface area contributed by atoms with E-state index >= 15 is 0 Å². The number of hydrogen-bond donors (Lipinski definition) is 3. The Morgan fingerprint density at radius 1 is 0.818 bits per heavy atom. The summed E-state index contributed by atoms with van der Waals surface area (Å²) in [6.45, 7) is 9.45. The molecule has 8 nitrogen and oxygen atoms in total. The molecule has 0 unspecified atom stereocenters. The van der Waals surface area contributed by atoms with Crippen LogP contribution in [0, 0.1) is 34.6 Å². The summed E-state index contributed by atoms with van der Waals surface area (Å²) in [7, 11) is -2.19. The fraction of sp³-hybridized carbons (Fsp3) is 0.417. The van der Waals surface area contributed by atoms with Gasteiger partial charge in [0, 0.05) is 19.5 Å². The SMILES string of the molecule is COc1ccc(CNC(=O)CNC(=O)CCNS(=O)(=O)c2c(C)c(C)c(C)c(C)c2C)cc1. The topological polar surface area (TPSA) is 114 Å². The van der Waals surface area contributed by atoms with Crippen LogP contribution < -0.4 is 20.1 Å². The van der Waals surface area contributed by atoms with Crippen molar-refractivity contribution in [3.63, 3.8) is 0 Å². The molecule has 0 atom stereocenters. The third-order valence-corrected chi connectivity index (χ3v) is 7.67. The molecule has 0 aromatic heterocycles. The maximum atomic E-state index is 12.9. The van der Waals surface area contributed by atoms with Gasteiger partial charge in [-0.2, -0.15) is 0 Å². The Balaban J connectivity index is 1.82. The van der Waals surface area contributed by atoms with Gasteiger partial charge in [0.1, 0.15) is 5.75 Å². The van der Waals surface area contributed by atoms with Crippen molar-refractivity contribution >= 4 is 21.8 Å². The predicted molar refractivity (Wildman–Crippen MR) is 128 cm³/mol. The number of sulfonamides is 1. The van der Waals surface area contributed by atoms with Gasteiger partial charge >= 0.3 is 0 Å². The minimum Gasteiger partial charge on any atom is -0.497 e. The van der Waals surface area contributed by atoms with Crippen molar-refractivity contribution in [3.8, 4) is 5.75 Å². The van der Waals surface area contributed by atoms with Gasteiger partial charge in [0.25, 0.3) is 0 Å². The summed E-state index contributed by atoms with van der Waals surface area (Å²) >= 11 is 0. The summed E-state index contributed by atoms with van der Waals surface area (Å²) in [6, 6.07) is 7.27. The van der Waals surface area contributed by atoms with Crippen LogP contribution in [0.1, 0.15) is 39.8 Å². The molecule has 0 saturated carbocycles. The van der Waals surface area contributed by atoms with Gasteiger partial charge in [-0.05, 0) is 80.1 Å². The van der Waals surface area contributed by atoms with E-state index in [9.17, 15) is 18.0 Å². The highest BCUT2D eigenvalue weighted by molar-refractivity contribution is 7.89. The van der Waals surface area contributed by atoms with Crippen LogP contribution in [0.15, 0.2) is 29.2 Å². The zero-order valence-corrected chi connectivity index (χ0v) is 20.9. The quantitative estimate of drug-likeness (QED) is 0.488. The number of benzene rings is 2. The standard InChI is InChI=1S/C24H33N3O5S/c1-15-16(2)18(4)24(19(5)17(15)3)33(30,31)27-12-11-22(28)26-14-23(29)25-13-20-7-9-21(32-6)10-8-20/h7-10,27H,11-14H2,1-6H3,(H,25,29)(H,26,28). The molecule has 2 amide bonds. The first kappa shape index (κ1) is 26.3. The lowest BCUT2D eigenvalue weighted by atomic mass is 9.95. The Morgan fingerprint density at radius 2 is 1.36 bits per heavy atom. The van der Waals surface area contributed by atoms with Crippen molar-refractivity contribution in [3.05, 3.63) is 57.6 Å². The molecule has 2 aromatic rings. The molecule has 33 heavy (non-hydrogen) atoms. The number of ether oxygens (including phenoxy) is 1. The number of amides is 2. The van der Waals surface area contributed by atoms with Gasteiger partial charge in [-0.15, -0.1) is 0 Å². The van der Waals surface area contributed by atoms with Crippen LogP contribution >= 0.6 is 0 Å². The van der Waals surface area contributed by atoms with Gasteiger partial charge in [-0.25, -0.2) is 13.1 Å². The largest absolute Gasteiger partial charge is 0.497 e. The first-order chi connectivity index (χ1) is 15.5. The Hall–Kier alpha value is -2.91. The molecule has 0 radical (unpaired) electrons. The summed E-state index contributed by atoms with van der Waals surface area (Å²) in [5.41, 5.74) is 5.28. The molecule has 2 aromatic carbocycles. The van der Waals surface area contributed by atoms with E-state index in [2.05, 4.69) is 15.4 Å². The molecule has 0 aliphatic carbocycles.